The molecule has 0 fully saturated rings. The van der Waals surface area contributed by atoms with Crippen LogP contribution >= 0.6 is 38.9 Å². The number of carboxylic acids is 1. The van der Waals surface area contributed by atoms with Gasteiger partial charge < -0.3 is 14.9 Å². The summed E-state index contributed by atoms with van der Waals surface area (Å²) in [6, 6.07) is 4.02. The minimum Gasteiger partial charge on any atom is -0.494 e. The molecule has 0 bridgehead atoms. The number of aromatic nitrogens is 1. The predicted octanol–water partition coefficient (Wildman–Crippen LogP) is 5.24. The van der Waals surface area contributed by atoms with E-state index in [9.17, 15) is 36.6 Å². The summed E-state index contributed by atoms with van der Waals surface area (Å²) in [5.74, 6) is -1.53. The van der Waals surface area contributed by atoms with E-state index in [0.29, 0.717) is 6.07 Å². The Bertz CT molecular complexity index is 1380. The van der Waals surface area contributed by atoms with Gasteiger partial charge in [0, 0.05) is 16.6 Å². The minimum absolute atomic E-state index is 0.0604. The van der Waals surface area contributed by atoms with Crippen LogP contribution < -0.4 is 9.46 Å². The lowest BCUT2D eigenvalue weighted by atomic mass is 10.1. The lowest BCUT2D eigenvalue weighted by Crippen LogP contribution is -2.15. The van der Waals surface area contributed by atoms with Crippen molar-refractivity contribution in [2.45, 2.75) is 17.7 Å². The van der Waals surface area contributed by atoms with Gasteiger partial charge in [0.15, 0.2) is 5.75 Å². The molecule has 0 spiro atoms. The summed E-state index contributed by atoms with van der Waals surface area (Å²) in [5, 5.41) is 18.8. The van der Waals surface area contributed by atoms with Gasteiger partial charge in [0.2, 0.25) is 0 Å². The van der Waals surface area contributed by atoms with E-state index < -0.39 is 39.4 Å². The molecule has 3 aromatic rings. The molecule has 182 valence electrons. The van der Waals surface area contributed by atoms with Gasteiger partial charge in [-0.05, 0) is 45.8 Å². The molecule has 0 saturated carbocycles. The average Bonchev–Trinajstić information content (AvgIpc) is 3.11. The van der Waals surface area contributed by atoms with Crippen molar-refractivity contribution in [3.05, 3.63) is 56.1 Å². The van der Waals surface area contributed by atoms with E-state index >= 15 is 0 Å². The van der Waals surface area contributed by atoms with E-state index in [4.69, 9.17) is 16.3 Å². The number of nitrogens with zero attached hydrogens (tertiary/aromatic N) is 1. The lowest BCUT2D eigenvalue weighted by Gasteiger charge is -2.13. The number of carboxylic acid groups (broad SMARTS) is 1. The largest absolute Gasteiger partial charge is 0.494 e. The Labute approximate surface area is 208 Å². The number of aliphatic hydroxyl groups is 1. The maximum Gasteiger partial charge on any atom is 0.433 e. The lowest BCUT2D eigenvalue weighted by molar-refractivity contribution is -0.141. The molecule has 3 N–H and O–H groups in total. The van der Waals surface area contributed by atoms with Crippen LogP contribution in [0.5, 0.6) is 5.75 Å². The summed E-state index contributed by atoms with van der Waals surface area (Å²) >= 11 is 10.1. The third kappa shape index (κ3) is 5.30. The van der Waals surface area contributed by atoms with Crippen LogP contribution in [0.4, 0.5) is 18.9 Å². The van der Waals surface area contributed by atoms with Crippen LogP contribution in [0.3, 0.4) is 0 Å². The van der Waals surface area contributed by atoms with Crippen molar-refractivity contribution in [2.24, 2.45) is 0 Å². The number of rotatable bonds is 7. The molecule has 0 aliphatic rings. The molecule has 2 heterocycles. The zero-order valence-electron chi connectivity index (χ0n) is 16.8. The number of alkyl halides is 3. The molecule has 34 heavy (non-hydrogen) atoms. The Morgan fingerprint density at radius 2 is 1.97 bits per heavy atom. The van der Waals surface area contributed by atoms with Gasteiger partial charge in [-0.1, -0.05) is 11.6 Å². The van der Waals surface area contributed by atoms with E-state index in [1.165, 1.54) is 19.2 Å². The summed E-state index contributed by atoms with van der Waals surface area (Å²) in [6.07, 6.45) is -3.81. The number of carbonyl (C=O) groups is 1. The minimum atomic E-state index is -4.71. The molecule has 3 rings (SSSR count). The van der Waals surface area contributed by atoms with Crippen LogP contribution in [-0.2, 0) is 22.8 Å². The highest BCUT2D eigenvalue weighted by Crippen LogP contribution is 2.42. The van der Waals surface area contributed by atoms with Gasteiger partial charge in [0.25, 0.3) is 10.0 Å². The van der Waals surface area contributed by atoms with Crippen LogP contribution in [0.25, 0.3) is 10.4 Å². The standard InChI is InChI=1S/C19H13BrClF3N2O6S2/c1-32-16-11(20)2-8(18(28)29)3-14(16)34(30,31)26-12-5-13(33-17(12)21)10-6-25-15(19(22,23)24)4-9(10)7-27/h2-6,26-27H,7H2,1H3,(H,28,29). The van der Waals surface area contributed by atoms with Crippen molar-refractivity contribution in [1.29, 1.82) is 0 Å². The first-order chi connectivity index (χ1) is 15.8. The highest BCUT2D eigenvalue weighted by atomic mass is 79.9. The van der Waals surface area contributed by atoms with Crippen LogP contribution in [-0.4, -0.2) is 36.7 Å². The second kappa shape index (κ2) is 9.70. The third-order valence-corrected chi connectivity index (χ3v) is 7.75. The van der Waals surface area contributed by atoms with E-state index in [2.05, 4.69) is 25.6 Å². The van der Waals surface area contributed by atoms with Gasteiger partial charge in [0.1, 0.15) is 14.9 Å². The Hall–Kier alpha value is -2.39. The highest BCUT2D eigenvalue weighted by Gasteiger charge is 2.33. The maximum absolute atomic E-state index is 13.0. The molecule has 0 radical (unpaired) electrons. The van der Waals surface area contributed by atoms with Gasteiger partial charge in [-0.25, -0.2) is 13.2 Å². The Morgan fingerprint density at radius 1 is 1.29 bits per heavy atom. The fourth-order valence-corrected chi connectivity index (χ4v) is 6.25. The first kappa shape index (κ1) is 26.2. The number of ether oxygens (including phenoxy) is 1. The van der Waals surface area contributed by atoms with Crippen LogP contribution in [0.2, 0.25) is 4.34 Å². The molecule has 8 nitrogen and oxygen atoms in total. The normalized spacial score (nSPS) is 12.0. The number of sulfonamides is 1. The first-order valence-corrected chi connectivity index (χ1v) is 12.4. The maximum atomic E-state index is 13.0. The molecule has 0 aliphatic carbocycles. The van der Waals surface area contributed by atoms with Crippen LogP contribution in [0, 0.1) is 0 Å². The third-order valence-electron chi connectivity index (χ3n) is 4.40. The van der Waals surface area contributed by atoms with Gasteiger partial charge in [-0.2, -0.15) is 13.2 Å². The number of thiophene rings is 1. The van der Waals surface area contributed by atoms with Crippen molar-refractivity contribution in [1.82, 2.24) is 4.98 Å². The molecule has 0 unspecified atom stereocenters. The second-order valence-corrected chi connectivity index (χ2v) is 10.7. The Balaban J connectivity index is 2.04. The number of pyridine rings is 1. The number of hydrogen-bond donors (Lipinski definition) is 3. The number of aliphatic hydroxyl groups excluding tert-OH is 1. The number of hydrogen-bond acceptors (Lipinski definition) is 7. The van der Waals surface area contributed by atoms with Gasteiger partial charge in [-0.15, -0.1) is 11.3 Å². The molecule has 0 saturated heterocycles. The molecule has 0 amide bonds. The molecule has 0 aliphatic heterocycles. The zero-order chi connectivity index (χ0) is 25.4. The number of benzene rings is 1. The van der Waals surface area contributed by atoms with Crippen molar-refractivity contribution < 1.29 is 41.3 Å². The smallest absolute Gasteiger partial charge is 0.433 e. The zero-order valence-corrected chi connectivity index (χ0v) is 20.7. The number of nitrogens with one attached hydrogen (secondary N) is 1. The van der Waals surface area contributed by atoms with Crippen molar-refractivity contribution in [2.75, 3.05) is 11.8 Å². The molecular formula is C19H13BrClF3N2O6S2. The van der Waals surface area contributed by atoms with Crippen molar-refractivity contribution >= 4 is 60.5 Å². The summed E-state index contributed by atoms with van der Waals surface area (Å²) in [4.78, 5) is 14.5. The first-order valence-electron chi connectivity index (χ1n) is 8.88. The Morgan fingerprint density at radius 3 is 2.53 bits per heavy atom. The van der Waals surface area contributed by atoms with Crippen LogP contribution in [0.15, 0.2) is 39.8 Å². The topological polar surface area (TPSA) is 126 Å². The van der Waals surface area contributed by atoms with Gasteiger partial charge in [-0.3, -0.25) is 9.71 Å². The fourth-order valence-electron chi connectivity index (χ4n) is 2.87. The summed E-state index contributed by atoms with van der Waals surface area (Å²) < 4.78 is 72.2. The molecule has 0 atom stereocenters. The summed E-state index contributed by atoms with van der Waals surface area (Å²) in [5.41, 5.74) is -1.60. The number of halogens is 5. The average molecular weight is 602 g/mol. The predicted molar refractivity (Wildman–Crippen MR) is 122 cm³/mol. The summed E-state index contributed by atoms with van der Waals surface area (Å²) in [7, 11) is -3.23. The number of methoxy groups -OCH3 is 1. The summed E-state index contributed by atoms with van der Waals surface area (Å²) in [6.45, 7) is -0.731. The molecule has 2 aromatic heterocycles. The molecular weight excluding hydrogens is 589 g/mol. The van der Waals surface area contributed by atoms with E-state index in [1.54, 1.807) is 0 Å². The van der Waals surface area contributed by atoms with Gasteiger partial charge in [0.05, 0.1) is 29.4 Å². The second-order valence-electron chi connectivity index (χ2n) is 6.58. The highest BCUT2D eigenvalue weighted by molar-refractivity contribution is 9.10. The molecule has 1 aromatic carbocycles. The van der Waals surface area contributed by atoms with Gasteiger partial charge >= 0.3 is 12.1 Å². The Kier molecular flexibility index (Phi) is 7.48. The van der Waals surface area contributed by atoms with Crippen molar-refractivity contribution in [3.63, 3.8) is 0 Å². The van der Waals surface area contributed by atoms with Crippen LogP contribution in [0.1, 0.15) is 21.6 Å². The fraction of sp³-hybridized carbons (Fsp3) is 0.158. The molecule has 15 heteroatoms. The van der Waals surface area contributed by atoms with E-state index in [1.807, 2.05) is 0 Å². The van der Waals surface area contributed by atoms with Crippen molar-refractivity contribution in [3.8, 4) is 16.2 Å². The SMILES string of the molecule is COc1c(Br)cc(C(=O)O)cc1S(=O)(=O)Nc1cc(-c2cnc(C(F)(F)F)cc2CO)sc1Cl. The number of anilines is 1. The number of aromatic carboxylic acids is 1. The quantitative estimate of drug-likeness (QED) is 0.338. The van der Waals surface area contributed by atoms with E-state index in [0.717, 1.165) is 23.6 Å². The van der Waals surface area contributed by atoms with E-state index in [-0.39, 0.29) is 41.8 Å². The monoisotopic (exact) mass is 600 g/mol.